The van der Waals surface area contributed by atoms with E-state index in [-0.39, 0.29) is 5.41 Å². The zero-order valence-electron chi connectivity index (χ0n) is 26.8. The molecule has 2 aliphatic carbocycles. The second-order valence-electron chi connectivity index (χ2n) is 14.0. The lowest BCUT2D eigenvalue weighted by atomic mass is 9.80. The fraction of sp³-hybridized carbons (Fsp3) is 0.106. The first-order valence-corrected chi connectivity index (χ1v) is 16.9. The van der Waals surface area contributed by atoms with Crippen LogP contribution < -0.4 is 0 Å². The van der Waals surface area contributed by atoms with E-state index in [2.05, 4.69) is 159 Å². The van der Waals surface area contributed by atoms with Crippen LogP contribution >= 0.6 is 0 Å². The molecule has 0 fully saturated rings. The molecule has 2 aliphatic rings. The lowest BCUT2D eigenvalue weighted by Gasteiger charge is -2.23. The van der Waals surface area contributed by atoms with Gasteiger partial charge in [-0.15, -0.1) is 0 Å². The number of rotatable bonds is 3. The predicted molar refractivity (Wildman–Crippen MR) is 200 cm³/mol. The van der Waals surface area contributed by atoms with Crippen molar-refractivity contribution < 1.29 is 0 Å². The van der Waals surface area contributed by atoms with Gasteiger partial charge in [0.2, 0.25) is 0 Å². The normalized spacial score (nSPS) is 14.2. The number of hydrogen-bond acceptors (Lipinski definition) is 0. The molecular weight excluding hydrogens is 565 g/mol. The Bertz CT molecular complexity index is 2570. The van der Waals surface area contributed by atoms with Crippen molar-refractivity contribution in [3.63, 3.8) is 0 Å². The molecule has 0 radical (unpaired) electrons. The van der Waals surface area contributed by atoms with Crippen LogP contribution in [0.4, 0.5) is 0 Å². The highest BCUT2D eigenvalue weighted by molar-refractivity contribution is 6.24. The van der Waals surface area contributed by atoms with E-state index >= 15 is 0 Å². The third-order valence-electron chi connectivity index (χ3n) is 11.1. The van der Waals surface area contributed by atoms with Crippen LogP contribution in [0.1, 0.15) is 36.1 Å². The van der Waals surface area contributed by atoms with Crippen molar-refractivity contribution in [2.45, 2.75) is 32.1 Å². The molecule has 0 saturated heterocycles. The summed E-state index contributed by atoms with van der Waals surface area (Å²) in [5.74, 6) is 0. The summed E-state index contributed by atoms with van der Waals surface area (Å²) >= 11 is 0. The molecule has 0 atom stereocenters. The van der Waals surface area contributed by atoms with Gasteiger partial charge in [-0.05, 0) is 124 Å². The van der Waals surface area contributed by atoms with E-state index in [4.69, 9.17) is 0 Å². The van der Waals surface area contributed by atoms with Gasteiger partial charge < -0.3 is 0 Å². The third-order valence-corrected chi connectivity index (χ3v) is 11.1. The van der Waals surface area contributed by atoms with E-state index in [1.165, 1.54) is 99.1 Å². The molecule has 0 nitrogen and oxygen atoms in total. The number of fused-ring (bicyclic) bond motifs is 5. The van der Waals surface area contributed by atoms with Crippen molar-refractivity contribution >= 4 is 32.3 Å². The van der Waals surface area contributed by atoms with Gasteiger partial charge in [-0.3, -0.25) is 0 Å². The van der Waals surface area contributed by atoms with Crippen LogP contribution in [0.2, 0.25) is 0 Å². The number of aryl methyl sites for hydroxylation is 2. The second kappa shape index (κ2) is 9.77. The molecule has 222 valence electrons. The van der Waals surface area contributed by atoms with Gasteiger partial charge in [-0.25, -0.2) is 0 Å². The lowest BCUT2D eigenvalue weighted by molar-refractivity contribution is 0.660. The van der Waals surface area contributed by atoms with Gasteiger partial charge in [-0.1, -0.05) is 147 Å². The van der Waals surface area contributed by atoms with Crippen LogP contribution in [0.5, 0.6) is 0 Å². The zero-order valence-corrected chi connectivity index (χ0v) is 26.8. The summed E-state index contributed by atoms with van der Waals surface area (Å²) in [4.78, 5) is 0. The summed E-state index contributed by atoms with van der Waals surface area (Å²) in [6.07, 6.45) is 2.27. The van der Waals surface area contributed by atoms with E-state index in [0.717, 1.165) is 12.8 Å². The Morgan fingerprint density at radius 2 is 1.02 bits per heavy atom. The largest absolute Gasteiger partial charge is 0.0622 e. The molecule has 47 heavy (non-hydrogen) atoms. The van der Waals surface area contributed by atoms with Gasteiger partial charge in [0.05, 0.1) is 0 Å². The minimum Gasteiger partial charge on any atom is -0.0622 e. The van der Waals surface area contributed by atoms with E-state index in [1.807, 2.05) is 0 Å². The quantitative estimate of drug-likeness (QED) is 0.178. The first-order valence-electron chi connectivity index (χ1n) is 16.9. The Hall–Kier alpha value is -5.46. The van der Waals surface area contributed by atoms with Crippen LogP contribution in [0.25, 0.3) is 76.8 Å². The summed E-state index contributed by atoms with van der Waals surface area (Å²) in [6, 6.07) is 55.0. The average molecular weight is 599 g/mol. The molecule has 0 heterocycles. The summed E-state index contributed by atoms with van der Waals surface area (Å²) in [5.41, 5.74) is 16.2. The minimum absolute atomic E-state index is 0.0622. The maximum absolute atomic E-state index is 2.49. The molecule has 8 aromatic rings. The molecule has 0 aromatic heterocycles. The molecule has 10 rings (SSSR count). The van der Waals surface area contributed by atoms with Crippen LogP contribution in [0.3, 0.4) is 0 Å². The first-order chi connectivity index (χ1) is 23.1. The van der Waals surface area contributed by atoms with Crippen molar-refractivity contribution in [2.24, 2.45) is 0 Å². The van der Waals surface area contributed by atoms with Gasteiger partial charge in [-0.2, -0.15) is 0 Å². The summed E-state index contributed by atoms with van der Waals surface area (Å²) in [6.45, 7) is 4.76. The van der Waals surface area contributed by atoms with E-state index in [9.17, 15) is 0 Å². The van der Waals surface area contributed by atoms with Crippen molar-refractivity contribution in [2.75, 3.05) is 0 Å². The van der Waals surface area contributed by atoms with E-state index < -0.39 is 0 Å². The molecule has 0 unspecified atom stereocenters. The maximum atomic E-state index is 2.49. The smallest absolute Gasteiger partial charge is 0.0159 e. The van der Waals surface area contributed by atoms with Crippen molar-refractivity contribution in [1.29, 1.82) is 0 Å². The van der Waals surface area contributed by atoms with E-state index in [1.54, 1.807) is 0 Å². The number of hydrogen-bond donors (Lipinski definition) is 0. The van der Waals surface area contributed by atoms with E-state index in [0.29, 0.717) is 0 Å². The molecular formula is C47H34. The van der Waals surface area contributed by atoms with Gasteiger partial charge in [0.1, 0.15) is 0 Å². The standard InChI is InChI=1S/C47H34/c1-47(2)42-18-9-8-14-34(42)35-24-23-33(28-43(35)47)45-37-15-6-7-16-38(37)46(39-25-21-31-20-19-30-13-10-17-36(39)44(30)31)40-26-22-32(27-41(40)45)29-11-4-3-5-12-29/h3-18,21-28H,19-20H2,1-2H3. The second-order valence-corrected chi connectivity index (χ2v) is 14.0. The number of benzene rings is 8. The Morgan fingerprint density at radius 3 is 1.87 bits per heavy atom. The summed E-state index contributed by atoms with van der Waals surface area (Å²) in [7, 11) is 0. The van der Waals surface area contributed by atoms with Crippen molar-refractivity contribution in [1.82, 2.24) is 0 Å². The fourth-order valence-corrected chi connectivity index (χ4v) is 8.91. The third kappa shape index (κ3) is 3.76. The molecule has 0 aliphatic heterocycles. The molecule has 0 heteroatoms. The van der Waals surface area contributed by atoms with Gasteiger partial charge in [0.15, 0.2) is 0 Å². The van der Waals surface area contributed by atoms with Gasteiger partial charge >= 0.3 is 0 Å². The molecule has 8 aromatic carbocycles. The summed E-state index contributed by atoms with van der Waals surface area (Å²) in [5, 5.41) is 8.06. The fourth-order valence-electron chi connectivity index (χ4n) is 8.91. The van der Waals surface area contributed by atoms with Crippen LogP contribution in [-0.4, -0.2) is 0 Å². The average Bonchev–Trinajstić information content (AvgIpc) is 3.64. The van der Waals surface area contributed by atoms with Crippen LogP contribution in [0, 0.1) is 0 Å². The molecule has 0 N–H and O–H groups in total. The Labute approximate surface area is 276 Å². The minimum atomic E-state index is -0.0622. The Kier molecular flexibility index (Phi) is 5.56. The molecule has 0 bridgehead atoms. The van der Waals surface area contributed by atoms with Crippen LogP contribution in [-0.2, 0) is 18.3 Å². The first kappa shape index (κ1) is 26.7. The Balaban J connectivity index is 1.33. The van der Waals surface area contributed by atoms with Crippen molar-refractivity contribution in [3.8, 4) is 44.5 Å². The highest BCUT2D eigenvalue weighted by Crippen LogP contribution is 2.52. The summed E-state index contributed by atoms with van der Waals surface area (Å²) < 4.78 is 0. The highest BCUT2D eigenvalue weighted by atomic mass is 14.4. The van der Waals surface area contributed by atoms with Crippen molar-refractivity contribution in [3.05, 3.63) is 168 Å². The maximum Gasteiger partial charge on any atom is 0.0159 e. The molecule has 0 spiro atoms. The highest BCUT2D eigenvalue weighted by Gasteiger charge is 2.35. The predicted octanol–water partition coefficient (Wildman–Crippen LogP) is 12.6. The SMILES string of the molecule is CC1(C)c2ccccc2-c2ccc(-c3c4ccccc4c(-c4ccc5c6c(cccc46)CC5)c4ccc(-c5ccccc5)cc34)cc21. The van der Waals surface area contributed by atoms with Crippen LogP contribution in [0.15, 0.2) is 146 Å². The molecule has 0 saturated carbocycles. The van der Waals surface area contributed by atoms with Gasteiger partial charge in [0.25, 0.3) is 0 Å². The topological polar surface area (TPSA) is 0 Å². The Morgan fingerprint density at radius 1 is 0.383 bits per heavy atom. The lowest BCUT2D eigenvalue weighted by Crippen LogP contribution is -2.14. The van der Waals surface area contributed by atoms with Gasteiger partial charge in [0, 0.05) is 5.41 Å². The monoisotopic (exact) mass is 598 g/mol. The molecule has 0 amide bonds. The zero-order chi connectivity index (χ0) is 31.3.